The van der Waals surface area contributed by atoms with Gasteiger partial charge in [-0.1, -0.05) is 13.3 Å². The summed E-state index contributed by atoms with van der Waals surface area (Å²) >= 11 is 0. The van der Waals surface area contributed by atoms with Gasteiger partial charge in [-0.2, -0.15) is 5.10 Å². The molecule has 76 valence electrons. The predicted octanol–water partition coefficient (Wildman–Crippen LogP) is 1.01. The predicted molar refractivity (Wildman–Crippen MR) is 55.5 cm³/mol. The van der Waals surface area contributed by atoms with Crippen molar-refractivity contribution in [1.82, 2.24) is 10.2 Å². The van der Waals surface area contributed by atoms with Gasteiger partial charge in [0.1, 0.15) is 0 Å². The van der Waals surface area contributed by atoms with Crippen LogP contribution in [0, 0.1) is 5.92 Å². The molecule has 0 amide bonds. The van der Waals surface area contributed by atoms with Crippen LogP contribution in [-0.2, 0) is 0 Å². The molecule has 0 aliphatic carbocycles. The molecule has 0 spiro atoms. The molecule has 0 saturated carbocycles. The van der Waals surface area contributed by atoms with E-state index in [9.17, 15) is 4.79 Å². The van der Waals surface area contributed by atoms with Crippen molar-refractivity contribution >= 4 is 5.69 Å². The van der Waals surface area contributed by atoms with Gasteiger partial charge < -0.3 is 4.90 Å². The van der Waals surface area contributed by atoms with Crippen molar-refractivity contribution in [1.29, 1.82) is 0 Å². The number of aromatic nitrogens is 2. The molecule has 1 atom stereocenters. The third kappa shape index (κ3) is 1.78. The SMILES string of the molecule is CCC1CCN(c2cn[nH]c(=O)c2)C1. The second-order valence-electron chi connectivity index (χ2n) is 3.81. The van der Waals surface area contributed by atoms with Crippen molar-refractivity contribution in [2.45, 2.75) is 19.8 Å². The molecule has 0 radical (unpaired) electrons. The van der Waals surface area contributed by atoms with Crippen LogP contribution in [0.5, 0.6) is 0 Å². The monoisotopic (exact) mass is 193 g/mol. The summed E-state index contributed by atoms with van der Waals surface area (Å²) in [6, 6.07) is 1.62. The van der Waals surface area contributed by atoms with Gasteiger partial charge in [0.2, 0.25) is 0 Å². The lowest BCUT2D eigenvalue weighted by molar-refractivity contribution is 0.569. The molecular formula is C10H15N3O. The Morgan fingerprint density at radius 1 is 1.71 bits per heavy atom. The van der Waals surface area contributed by atoms with E-state index in [0.29, 0.717) is 0 Å². The van der Waals surface area contributed by atoms with Crippen LogP contribution in [0.4, 0.5) is 5.69 Å². The summed E-state index contributed by atoms with van der Waals surface area (Å²) in [4.78, 5) is 13.3. The summed E-state index contributed by atoms with van der Waals surface area (Å²) in [5.41, 5.74) is 0.826. The van der Waals surface area contributed by atoms with Crippen molar-refractivity contribution in [3.05, 3.63) is 22.6 Å². The van der Waals surface area contributed by atoms with E-state index in [1.54, 1.807) is 12.3 Å². The molecule has 1 aromatic rings. The first-order valence-corrected chi connectivity index (χ1v) is 5.09. The highest BCUT2D eigenvalue weighted by Crippen LogP contribution is 2.23. The van der Waals surface area contributed by atoms with Gasteiger partial charge >= 0.3 is 0 Å². The van der Waals surface area contributed by atoms with E-state index in [4.69, 9.17) is 0 Å². The first-order chi connectivity index (χ1) is 6.79. The number of nitrogens with one attached hydrogen (secondary N) is 1. The zero-order valence-electron chi connectivity index (χ0n) is 8.36. The molecule has 0 aromatic carbocycles. The summed E-state index contributed by atoms with van der Waals surface area (Å²) in [5, 5.41) is 6.19. The Labute approximate surface area is 82.9 Å². The Morgan fingerprint density at radius 2 is 2.57 bits per heavy atom. The van der Waals surface area contributed by atoms with Crippen LogP contribution in [0.1, 0.15) is 19.8 Å². The summed E-state index contributed by atoms with van der Waals surface area (Å²) < 4.78 is 0. The molecular weight excluding hydrogens is 178 g/mol. The minimum absolute atomic E-state index is 0.123. The van der Waals surface area contributed by atoms with E-state index < -0.39 is 0 Å². The Hall–Kier alpha value is -1.32. The molecule has 1 saturated heterocycles. The molecule has 1 unspecified atom stereocenters. The summed E-state index contributed by atoms with van der Waals surface area (Å²) in [7, 11) is 0. The van der Waals surface area contributed by atoms with Gasteiger partial charge in [-0.15, -0.1) is 0 Å². The fourth-order valence-electron chi connectivity index (χ4n) is 1.94. The third-order valence-electron chi connectivity index (χ3n) is 2.88. The lowest BCUT2D eigenvalue weighted by Crippen LogP contribution is -2.22. The second kappa shape index (κ2) is 3.82. The summed E-state index contributed by atoms with van der Waals surface area (Å²) in [5.74, 6) is 0.772. The maximum atomic E-state index is 11.1. The Kier molecular flexibility index (Phi) is 2.52. The Balaban J connectivity index is 2.13. The normalized spacial score (nSPS) is 21.5. The van der Waals surface area contributed by atoms with Gasteiger partial charge in [0.05, 0.1) is 11.9 Å². The molecule has 0 bridgehead atoms. The van der Waals surface area contributed by atoms with Gasteiger partial charge in [-0.25, -0.2) is 5.10 Å². The van der Waals surface area contributed by atoms with Crippen LogP contribution in [0.15, 0.2) is 17.1 Å². The zero-order chi connectivity index (χ0) is 9.97. The van der Waals surface area contributed by atoms with Crippen molar-refractivity contribution in [3.63, 3.8) is 0 Å². The molecule has 4 nitrogen and oxygen atoms in total. The average Bonchev–Trinajstić information content (AvgIpc) is 2.66. The molecule has 1 fully saturated rings. The largest absolute Gasteiger partial charge is 0.370 e. The van der Waals surface area contributed by atoms with Gasteiger partial charge in [0, 0.05) is 19.2 Å². The van der Waals surface area contributed by atoms with Crippen LogP contribution in [0.3, 0.4) is 0 Å². The van der Waals surface area contributed by atoms with Gasteiger partial charge in [-0.3, -0.25) is 4.79 Å². The first kappa shape index (κ1) is 9.24. The van der Waals surface area contributed by atoms with Crippen molar-refractivity contribution < 1.29 is 0 Å². The third-order valence-corrected chi connectivity index (χ3v) is 2.88. The lowest BCUT2D eigenvalue weighted by Gasteiger charge is -2.16. The average molecular weight is 193 g/mol. The van der Waals surface area contributed by atoms with Crippen LogP contribution < -0.4 is 10.5 Å². The Bertz CT molecular complexity index is 360. The maximum absolute atomic E-state index is 11.1. The van der Waals surface area contributed by atoms with Crippen LogP contribution in [0.2, 0.25) is 0 Å². The fourth-order valence-corrected chi connectivity index (χ4v) is 1.94. The van der Waals surface area contributed by atoms with E-state index in [-0.39, 0.29) is 5.56 Å². The highest BCUT2D eigenvalue weighted by atomic mass is 16.1. The smallest absolute Gasteiger partial charge is 0.266 e. The molecule has 1 aromatic heterocycles. The second-order valence-corrected chi connectivity index (χ2v) is 3.81. The molecule has 1 N–H and O–H groups in total. The van der Waals surface area contributed by atoms with E-state index >= 15 is 0 Å². The highest BCUT2D eigenvalue weighted by Gasteiger charge is 2.21. The molecule has 1 aliphatic heterocycles. The van der Waals surface area contributed by atoms with E-state index in [2.05, 4.69) is 22.0 Å². The number of nitrogens with zero attached hydrogens (tertiary/aromatic N) is 2. The quantitative estimate of drug-likeness (QED) is 0.762. The number of rotatable bonds is 2. The van der Waals surface area contributed by atoms with Crippen molar-refractivity contribution in [2.24, 2.45) is 5.92 Å². The number of H-pyrrole nitrogens is 1. The summed E-state index contributed by atoms with van der Waals surface area (Å²) in [6.07, 6.45) is 4.16. The minimum Gasteiger partial charge on any atom is -0.370 e. The number of anilines is 1. The molecule has 2 heterocycles. The van der Waals surface area contributed by atoms with Gasteiger partial charge in [-0.05, 0) is 12.3 Å². The van der Waals surface area contributed by atoms with Crippen LogP contribution >= 0.6 is 0 Å². The van der Waals surface area contributed by atoms with Gasteiger partial charge in [0.15, 0.2) is 0 Å². The van der Waals surface area contributed by atoms with Crippen LogP contribution in [-0.4, -0.2) is 23.3 Å². The van der Waals surface area contributed by atoms with E-state index in [0.717, 1.165) is 24.7 Å². The standard InChI is InChI=1S/C10H15N3O/c1-2-8-3-4-13(7-8)9-5-10(14)12-11-6-9/h5-6,8H,2-4,7H2,1H3,(H,12,14). The first-order valence-electron chi connectivity index (χ1n) is 5.09. The molecule has 4 heteroatoms. The maximum Gasteiger partial charge on any atom is 0.266 e. The van der Waals surface area contributed by atoms with Crippen molar-refractivity contribution in [2.75, 3.05) is 18.0 Å². The molecule has 1 aliphatic rings. The van der Waals surface area contributed by atoms with E-state index in [1.807, 2.05) is 0 Å². The van der Waals surface area contributed by atoms with Gasteiger partial charge in [0.25, 0.3) is 5.56 Å². The number of hydrogen-bond donors (Lipinski definition) is 1. The lowest BCUT2D eigenvalue weighted by atomic mass is 10.1. The Morgan fingerprint density at radius 3 is 3.21 bits per heavy atom. The fraction of sp³-hybridized carbons (Fsp3) is 0.600. The minimum atomic E-state index is -0.123. The number of hydrogen-bond acceptors (Lipinski definition) is 3. The van der Waals surface area contributed by atoms with E-state index in [1.165, 1.54) is 12.8 Å². The number of aromatic amines is 1. The molecule has 14 heavy (non-hydrogen) atoms. The zero-order valence-corrected chi connectivity index (χ0v) is 8.36. The highest BCUT2D eigenvalue weighted by molar-refractivity contribution is 5.43. The topological polar surface area (TPSA) is 49.0 Å². The van der Waals surface area contributed by atoms with Crippen molar-refractivity contribution in [3.8, 4) is 0 Å². The van der Waals surface area contributed by atoms with Crippen LogP contribution in [0.25, 0.3) is 0 Å². The summed E-state index contributed by atoms with van der Waals surface area (Å²) in [6.45, 7) is 4.31. The molecule has 2 rings (SSSR count).